The van der Waals surface area contributed by atoms with Gasteiger partial charge in [0.2, 0.25) is 11.4 Å². The molecule has 0 saturated carbocycles. The molecular weight excluding hydrogens is 302 g/mol. The summed E-state index contributed by atoms with van der Waals surface area (Å²) in [6.07, 6.45) is 2.46. The second kappa shape index (κ2) is 6.39. The molecule has 0 aromatic carbocycles. The SMILES string of the molecule is COC(=O)c1cn(-c2nc(C)cc(C)n2)cc(C(=O)OC)c1=O. The van der Waals surface area contributed by atoms with Crippen molar-refractivity contribution >= 4 is 11.9 Å². The smallest absolute Gasteiger partial charge is 0.343 e. The van der Waals surface area contributed by atoms with Crippen LogP contribution in [0.5, 0.6) is 0 Å². The van der Waals surface area contributed by atoms with E-state index in [1.54, 1.807) is 19.9 Å². The third-order valence-corrected chi connectivity index (χ3v) is 3.04. The molecule has 2 heterocycles. The fourth-order valence-electron chi connectivity index (χ4n) is 2.03. The summed E-state index contributed by atoms with van der Waals surface area (Å²) in [7, 11) is 2.29. The van der Waals surface area contributed by atoms with Crippen molar-refractivity contribution in [3.8, 4) is 5.95 Å². The number of rotatable bonds is 3. The molecule has 0 fully saturated rings. The zero-order valence-electron chi connectivity index (χ0n) is 13.1. The van der Waals surface area contributed by atoms with Gasteiger partial charge in [0.25, 0.3) is 0 Å². The summed E-state index contributed by atoms with van der Waals surface area (Å²) < 4.78 is 10.5. The van der Waals surface area contributed by atoms with E-state index < -0.39 is 17.4 Å². The Morgan fingerprint density at radius 2 is 1.39 bits per heavy atom. The van der Waals surface area contributed by atoms with Crippen LogP contribution in [-0.2, 0) is 9.47 Å². The zero-order valence-corrected chi connectivity index (χ0v) is 13.1. The van der Waals surface area contributed by atoms with Crippen LogP contribution in [0.3, 0.4) is 0 Å². The first kappa shape index (κ1) is 16.3. The molecule has 0 N–H and O–H groups in total. The normalized spacial score (nSPS) is 10.3. The first-order valence-electron chi connectivity index (χ1n) is 6.63. The molecule has 0 saturated heterocycles. The summed E-state index contributed by atoms with van der Waals surface area (Å²) in [5.41, 5.74) is 0.0107. The van der Waals surface area contributed by atoms with Crippen molar-refractivity contribution in [1.82, 2.24) is 14.5 Å². The number of nitrogens with zero attached hydrogens (tertiary/aromatic N) is 3. The van der Waals surface area contributed by atoms with Crippen LogP contribution in [0.2, 0.25) is 0 Å². The molecule has 0 aliphatic heterocycles. The molecule has 120 valence electrons. The van der Waals surface area contributed by atoms with E-state index in [0.29, 0.717) is 11.4 Å². The maximum absolute atomic E-state index is 12.2. The zero-order chi connectivity index (χ0) is 17.1. The van der Waals surface area contributed by atoms with Crippen LogP contribution in [-0.4, -0.2) is 40.7 Å². The average molecular weight is 317 g/mol. The number of pyridine rings is 1. The van der Waals surface area contributed by atoms with Crippen LogP contribution in [0.15, 0.2) is 23.3 Å². The van der Waals surface area contributed by atoms with Crippen molar-refractivity contribution in [3.63, 3.8) is 0 Å². The lowest BCUT2D eigenvalue weighted by Gasteiger charge is -2.10. The van der Waals surface area contributed by atoms with Crippen LogP contribution >= 0.6 is 0 Å². The average Bonchev–Trinajstić information content (AvgIpc) is 2.52. The number of methoxy groups -OCH3 is 2. The Kier molecular flexibility index (Phi) is 4.54. The second-order valence-corrected chi connectivity index (χ2v) is 4.76. The summed E-state index contributed by atoms with van der Waals surface area (Å²) >= 11 is 0. The first-order chi connectivity index (χ1) is 10.9. The van der Waals surface area contributed by atoms with Gasteiger partial charge < -0.3 is 9.47 Å². The van der Waals surface area contributed by atoms with Gasteiger partial charge in [-0.1, -0.05) is 0 Å². The summed E-state index contributed by atoms with van der Waals surface area (Å²) in [6, 6.07) is 1.77. The number of esters is 2. The molecule has 23 heavy (non-hydrogen) atoms. The Balaban J connectivity index is 2.76. The lowest BCUT2D eigenvalue weighted by atomic mass is 10.2. The van der Waals surface area contributed by atoms with Gasteiger partial charge in [0.05, 0.1) is 14.2 Å². The number of hydrogen-bond acceptors (Lipinski definition) is 7. The molecule has 0 aliphatic rings. The number of aromatic nitrogens is 3. The van der Waals surface area contributed by atoms with Gasteiger partial charge in [-0.15, -0.1) is 0 Å². The van der Waals surface area contributed by atoms with E-state index in [2.05, 4.69) is 19.4 Å². The van der Waals surface area contributed by atoms with Crippen LogP contribution in [0, 0.1) is 13.8 Å². The number of aryl methyl sites for hydroxylation is 2. The number of hydrogen-bond donors (Lipinski definition) is 0. The van der Waals surface area contributed by atoms with Crippen molar-refractivity contribution < 1.29 is 19.1 Å². The van der Waals surface area contributed by atoms with Gasteiger partial charge in [-0.05, 0) is 19.9 Å². The van der Waals surface area contributed by atoms with Crippen molar-refractivity contribution in [3.05, 3.63) is 51.2 Å². The molecule has 0 radical (unpaired) electrons. The summed E-state index contributed by atoms with van der Waals surface area (Å²) in [4.78, 5) is 44.3. The van der Waals surface area contributed by atoms with Crippen LogP contribution < -0.4 is 5.43 Å². The molecule has 0 atom stereocenters. The highest BCUT2D eigenvalue weighted by atomic mass is 16.5. The van der Waals surface area contributed by atoms with E-state index in [9.17, 15) is 14.4 Å². The maximum Gasteiger partial charge on any atom is 0.343 e. The quantitative estimate of drug-likeness (QED) is 0.772. The molecule has 0 spiro atoms. The summed E-state index contributed by atoms with van der Waals surface area (Å²) in [5, 5.41) is 0. The minimum Gasteiger partial charge on any atom is -0.465 e. The van der Waals surface area contributed by atoms with E-state index in [-0.39, 0.29) is 17.1 Å². The monoisotopic (exact) mass is 317 g/mol. The van der Waals surface area contributed by atoms with Gasteiger partial charge in [-0.3, -0.25) is 9.36 Å². The van der Waals surface area contributed by atoms with Crippen LogP contribution in [0.1, 0.15) is 32.1 Å². The van der Waals surface area contributed by atoms with E-state index >= 15 is 0 Å². The number of carbonyl (C=O) groups excluding carboxylic acids is 2. The molecule has 2 aromatic rings. The van der Waals surface area contributed by atoms with E-state index in [1.165, 1.54) is 17.0 Å². The third kappa shape index (κ3) is 3.25. The first-order valence-corrected chi connectivity index (χ1v) is 6.63. The third-order valence-electron chi connectivity index (χ3n) is 3.04. The molecule has 0 aliphatic carbocycles. The minimum absolute atomic E-state index is 0.220. The van der Waals surface area contributed by atoms with Crippen molar-refractivity contribution in [2.75, 3.05) is 14.2 Å². The maximum atomic E-state index is 12.2. The molecule has 0 bridgehead atoms. The Hall–Kier alpha value is -3.03. The fraction of sp³-hybridized carbons (Fsp3) is 0.267. The van der Waals surface area contributed by atoms with Gasteiger partial charge in [0.1, 0.15) is 11.1 Å². The van der Waals surface area contributed by atoms with E-state index in [1.807, 2.05) is 0 Å². The number of carbonyl (C=O) groups is 2. The molecule has 8 heteroatoms. The lowest BCUT2D eigenvalue weighted by molar-refractivity contribution is 0.0595. The second-order valence-electron chi connectivity index (χ2n) is 4.76. The predicted octanol–water partition coefficient (Wildman–Crippen LogP) is 0.818. The highest BCUT2D eigenvalue weighted by Crippen LogP contribution is 2.09. The van der Waals surface area contributed by atoms with Crippen molar-refractivity contribution in [2.45, 2.75) is 13.8 Å². The molecule has 8 nitrogen and oxygen atoms in total. The molecular formula is C15H15N3O5. The minimum atomic E-state index is -0.862. The largest absolute Gasteiger partial charge is 0.465 e. The lowest BCUT2D eigenvalue weighted by Crippen LogP contribution is -2.26. The Bertz CT molecular complexity index is 781. The summed E-state index contributed by atoms with van der Waals surface area (Å²) in [5.74, 6) is -1.50. The van der Waals surface area contributed by atoms with Gasteiger partial charge in [0, 0.05) is 23.8 Å². The topological polar surface area (TPSA) is 100 Å². The standard InChI is InChI=1S/C15H15N3O5/c1-8-5-9(2)17-15(16-8)18-6-10(13(20)22-3)12(19)11(7-18)14(21)23-4/h5-7H,1-4H3. The molecule has 0 unspecified atom stereocenters. The van der Waals surface area contributed by atoms with Crippen LogP contribution in [0.4, 0.5) is 0 Å². The van der Waals surface area contributed by atoms with Gasteiger partial charge in [-0.2, -0.15) is 0 Å². The van der Waals surface area contributed by atoms with Crippen molar-refractivity contribution in [2.24, 2.45) is 0 Å². The summed E-state index contributed by atoms with van der Waals surface area (Å²) in [6.45, 7) is 3.56. The van der Waals surface area contributed by atoms with Gasteiger partial charge in [0.15, 0.2) is 0 Å². The predicted molar refractivity (Wildman–Crippen MR) is 79.8 cm³/mol. The van der Waals surface area contributed by atoms with E-state index in [0.717, 1.165) is 14.2 Å². The van der Waals surface area contributed by atoms with Crippen molar-refractivity contribution in [1.29, 1.82) is 0 Å². The Labute approximate surface area is 131 Å². The van der Waals surface area contributed by atoms with E-state index in [4.69, 9.17) is 0 Å². The van der Waals surface area contributed by atoms with Gasteiger partial charge >= 0.3 is 11.9 Å². The molecule has 2 aromatic heterocycles. The molecule has 0 amide bonds. The number of ether oxygens (including phenoxy) is 2. The Morgan fingerprint density at radius 1 is 0.957 bits per heavy atom. The highest BCUT2D eigenvalue weighted by Gasteiger charge is 2.21. The fourth-order valence-corrected chi connectivity index (χ4v) is 2.03. The Morgan fingerprint density at radius 3 is 1.78 bits per heavy atom. The highest BCUT2D eigenvalue weighted by molar-refractivity contribution is 5.94. The van der Waals surface area contributed by atoms with Crippen LogP contribution in [0.25, 0.3) is 5.95 Å². The molecule has 2 rings (SSSR count). The van der Waals surface area contributed by atoms with Gasteiger partial charge in [-0.25, -0.2) is 19.6 Å².